The molecule has 5 nitrogen and oxygen atoms in total. The molecule has 0 unspecified atom stereocenters. The third kappa shape index (κ3) is 5.34. The van der Waals surface area contributed by atoms with Crippen LogP contribution in [0.3, 0.4) is 0 Å². The summed E-state index contributed by atoms with van der Waals surface area (Å²) in [5, 5.41) is 8.73. The van der Waals surface area contributed by atoms with Gasteiger partial charge in [-0.05, 0) is 35.9 Å². The Balaban J connectivity index is 0.00000208. The van der Waals surface area contributed by atoms with E-state index in [1.54, 1.807) is 18.4 Å². The van der Waals surface area contributed by atoms with E-state index < -0.39 is 0 Å². The topological polar surface area (TPSA) is 52.6 Å². The number of pyridine rings is 1. The molecule has 0 atom stereocenters. The molecule has 1 saturated heterocycles. The minimum absolute atomic E-state index is 0. The molecular weight excluding hydrogens is 433 g/mol. The Morgan fingerprint density at radius 1 is 1.21 bits per heavy atom. The van der Waals surface area contributed by atoms with Crippen molar-refractivity contribution in [1.29, 1.82) is 0 Å². The van der Waals surface area contributed by atoms with E-state index in [2.05, 4.69) is 55.2 Å². The van der Waals surface area contributed by atoms with Crippen LogP contribution in [0.4, 0.5) is 5.82 Å². The number of hydrogen-bond donors (Lipinski definition) is 2. The van der Waals surface area contributed by atoms with Gasteiger partial charge < -0.3 is 15.5 Å². The first-order valence-corrected chi connectivity index (χ1v) is 8.90. The largest absolute Gasteiger partial charge is 0.357 e. The van der Waals surface area contributed by atoms with Crippen LogP contribution in [0.5, 0.6) is 0 Å². The van der Waals surface area contributed by atoms with Gasteiger partial charge in [-0.25, -0.2) is 4.98 Å². The third-order valence-electron chi connectivity index (χ3n) is 3.93. The van der Waals surface area contributed by atoms with Gasteiger partial charge >= 0.3 is 0 Å². The van der Waals surface area contributed by atoms with Gasteiger partial charge in [0.05, 0.1) is 6.54 Å². The van der Waals surface area contributed by atoms with E-state index in [-0.39, 0.29) is 24.0 Å². The van der Waals surface area contributed by atoms with Crippen molar-refractivity contribution in [2.75, 3.05) is 25.0 Å². The van der Waals surface area contributed by atoms with Crippen LogP contribution >= 0.6 is 35.3 Å². The van der Waals surface area contributed by atoms with Crippen molar-refractivity contribution in [3.05, 3.63) is 46.3 Å². The van der Waals surface area contributed by atoms with Gasteiger partial charge in [0.25, 0.3) is 0 Å². The third-order valence-corrected chi connectivity index (χ3v) is 4.81. The molecule has 0 aromatic carbocycles. The van der Waals surface area contributed by atoms with Crippen LogP contribution in [0.2, 0.25) is 0 Å². The van der Waals surface area contributed by atoms with Crippen LogP contribution < -0.4 is 15.5 Å². The highest BCUT2D eigenvalue weighted by Gasteiger charge is 2.12. The van der Waals surface area contributed by atoms with Gasteiger partial charge in [-0.2, -0.15) is 0 Å². The van der Waals surface area contributed by atoms with E-state index in [0.29, 0.717) is 0 Å². The van der Waals surface area contributed by atoms with Gasteiger partial charge in [0, 0.05) is 37.8 Å². The smallest absolute Gasteiger partial charge is 0.191 e. The van der Waals surface area contributed by atoms with Crippen LogP contribution in [0, 0.1) is 0 Å². The lowest BCUT2D eigenvalue weighted by Crippen LogP contribution is -2.36. The zero-order valence-electron chi connectivity index (χ0n) is 13.9. The van der Waals surface area contributed by atoms with Crippen molar-refractivity contribution >= 4 is 47.1 Å². The van der Waals surface area contributed by atoms with Gasteiger partial charge in [0.1, 0.15) is 5.82 Å². The summed E-state index contributed by atoms with van der Waals surface area (Å²) in [7, 11) is 1.79. The van der Waals surface area contributed by atoms with Crippen LogP contribution in [0.25, 0.3) is 0 Å². The fourth-order valence-electron chi connectivity index (χ4n) is 2.64. The molecule has 3 rings (SSSR count). The Kier molecular flexibility index (Phi) is 7.77. The van der Waals surface area contributed by atoms with Crippen LogP contribution in [0.15, 0.2) is 40.8 Å². The monoisotopic (exact) mass is 457 g/mol. The molecule has 0 radical (unpaired) electrons. The molecule has 130 valence electrons. The van der Waals surface area contributed by atoms with Gasteiger partial charge in [0.15, 0.2) is 5.96 Å². The maximum absolute atomic E-state index is 4.58. The fourth-order valence-corrected chi connectivity index (χ4v) is 3.29. The number of halogens is 1. The summed E-state index contributed by atoms with van der Waals surface area (Å²) in [6.07, 6.45) is 4.50. The first kappa shape index (κ1) is 19.0. The van der Waals surface area contributed by atoms with Gasteiger partial charge in [-0.15, -0.1) is 35.3 Å². The molecule has 7 heteroatoms. The molecule has 3 heterocycles. The molecule has 24 heavy (non-hydrogen) atoms. The highest BCUT2D eigenvalue weighted by Crippen LogP contribution is 2.17. The molecule has 0 saturated carbocycles. The highest BCUT2D eigenvalue weighted by atomic mass is 127. The summed E-state index contributed by atoms with van der Waals surface area (Å²) in [4.78, 5) is 12.5. The predicted octanol–water partition coefficient (Wildman–Crippen LogP) is 3.23. The Morgan fingerprint density at radius 3 is 2.62 bits per heavy atom. The molecule has 0 spiro atoms. The van der Waals surface area contributed by atoms with Crippen molar-refractivity contribution in [1.82, 2.24) is 15.6 Å². The van der Waals surface area contributed by atoms with Crippen molar-refractivity contribution in [3.8, 4) is 0 Å². The molecule has 0 amide bonds. The Morgan fingerprint density at radius 2 is 2.00 bits per heavy atom. The summed E-state index contributed by atoms with van der Waals surface area (Å²) >= 11 is 1.74. The number of guanidine groups is 1. The molecule has 0 aliphatic carbocycles. The number of aromatic nitrogens is 1. The number of nitrogens with one attached hydrogen (secondary N) is 2. The number of rotatable bonds is 5. The second-order valence-corrected chi connectivity index (χ2v) is 6.61. The molecule has 2 aromatic heterocycles. The van der Waals surface area contributed by atoms with Crippen molar-refractivity contribution < 1.29 is 0 Å². The first-order valence-electron chi connectivity index (χ1n) is 8.02. The minimum Gasteiger partial charge on any atom is -0.357 e. The highest BCUT2D eigenvalue weighted by molar-refractivity contribution is 14.0. The zero-order valence-corrected chi connectivity index (χ0v) is 17.0. The first-order chi connectivity index (χ1) is 11.3. The maximum Gasteiger partial charge on any atom is 0.191 e. The zero-order chi connectivity index (χ0) is 15.9. The van der Waals surface area contributed by atoms with Crippen LogP contribution in [-0.2, 0) is 13.1 Å². The molecule has 1 aliphatic rings. The fraction of sp³-hybridized carbons (Fsp3) is 0.412. The average Bonchev–Trinajstić information content (AvgIpc) is 3.29. The van der Waals surface area contributed by atoms with E-state index in [0.717, 1.165) is 43.5 Å². The lowest BCUT2D eigenvalue weighted by molar-refractivity contribution is 0.811. The normalized spacial score (nSPS) is 14.4. The lowest BCUT2D eigenvalue weighted by Gasteiger charge is -2.16. The SMILES string of the molecule is CN=C(NCc1ccc(N2CCCC2)nc1)NCc1cccs1.I. The Labute approximate surface area is 164 Å². The number of nitrogens with zero attached hydrogens (tertiary/aromatic N) is 3. The van der Waals surface area contributed by atoms with Gasteiger partial charge in [-0.3, -0.25) is 4.99 Å². The molecular formula is C17H24IN5S. The lowest BCUT2D eigenvalue weighted by atomic mass is 10.3. The predicted molar refractivity (Wildman–Crippen MR) is 112 cm³/mol. The standard InChI is InChI=1S/C17H23N5S.HI/c1-18-17(21-13-15-5-4-10-23-15)20-12-14-6-7-16(19-11-14)22-8-2-3-9-22;/h4-7,10-11H,2-3,8-9,12-13H2,1H3,(H2,18,20,21);1H. The number of thiophene rings is 1. The molecule has 1 fully saturated rings. The van der Waals surface area contributed by atoms with E-state index in [1.165, 1.54) is 17.7 Å². The summed E-state index contributed by atoms with van der Waals surface area (Å²) in [5.74, 6) is 1.90. The second-order valence-electron chi connectivity index (χ2n) is 5.58. The maximum atomic E-state index is 4.58. The number of anilines is 1. The Bertz CT molecular complexity index is 621. The van der Waals surface area contributed by atoms with E-state index in [4.69, 9.17) is 0 Å². The summed E-state index contributed by atoms with van der Waals surface area (Å²) in [6.45, 7) is 3.77. The van der Waals surface area contributed by atoms with Crippen LogP contribution in [-0.4, -0.2) is 31.1 Å². The van der Waals surface area contributed by atoms with E-state index >= 15 is 0 Å². The molecule has 1 aliphatic heterocycles. The molecule has 2 aromatic rings. The minimum atomic E-state index is 0. The average molecular weight is 457 g/mol. The van der Waals surface area contributed by atoms with E-state index in [9.17, 15) is 0 Å². The summed E-state index contributed by atoms with van der Waals surface area (Å²) < 4.78 is 0. The van der Waals surface area contributed by atoms with Gasteiger partial charge in [-0.1, -0.05) is 12.1 Å². The molecule has 2 N–H and O–H groups in total. The van der Waals surface area contributed by atoms with Crippen molar-refractivity contribution in [2.24, 2.45) is 4.99 Å². The second kappa shape index (κ2) is 9.83. The molecule has 0 bridgehead atoms. The van der Waals surface area contributed by atoms with E-state index in [1.807, 2.05) is 6.20 Å². The summed E-state index contributed by atoms with van der Waals surface area (Å²) in [5.41, 5.74) is 1.16. The number of aliphatic imine (C=N–C) groups is 1. The van der Waals surface area contributed by atoms with Crippen molar-refractivity contribution in [3.63, 3.8) is 0 Å². The van der Waals surface area contributed by atoms with Crippen LogP contribution in [0.1, 0.15) is 23.3 Å². The van der Waals surface area contributed by atoms with Gasteiger partial charge in [0.2, 0.25) is 0 Å². The van der Waals surface area contributed by atoms with Crippen molar-refractivity contribution in [2.45, 2.75) is 25.9 Å². The Hall–Kier alpha value is -1.35. The number of hydrogen-bond acceptors (Lipinski definition) is 4. The quantitative estimate of drug-likeness (QED) is 0.412. The summed E-state index contributed by atoms with van der Waals surface area (Å²) in [6, 6.07) is 8.43.